The number of aryl methyl sites for hydroxylation is 1. The van der Waals surface area contributed by atoms with E-state index in [0.29, 0.717) is 37.5 Å². The van der Waals surface area contributed by atoms with Gasteiger partial charge in [-0.3, -0.25) is 10.2 Å². The molecule has 1 aliphatic rings. The first kappa shape index (κ1) is 23.8. The number of nitrogens with one attached hydrogen (secondary N) is 1. The van der Waals surface area contributed by atoms with Gasteiger partial charge >= 0.3 is 10.1 Å². The molecule has 1 saturated heterocycles. The Bertz CT molecular complexity index is 1210. The van der Waals surface area contributed by atoms with Crippen LogP contribution in [0.2, 0.25) is 0 Å². The van der Waals surface area contributed by atoms with Gasteiger partial charge in [0.1, 0.15) is 16.4 Å². The fraction of sp³-hybridized carbons (Fsp3) is 0.350. The van der Waals surface area contributed by atoms with Gasteiger partial charge in [0.05, 0.1) is 18.1 Å². The second-order valence-electron chi connectivity index (χ2n) is 7.49. The molecular formula is C20H25N3O7S2. The summed E-state index contributed by atoms with van der Waals surface area (Å²) in [5.74, 6) is 0.330. The lowest BCUT2D eigenvalue weighted by Gasteiger charge is -2.31. The number of nitrogens with zero attached hydrogens (tertiary/aromatic N) is 1. The minimum atomic E-state index is -4.40. The Hall–Kier alpha value is -2.83. The van der Waals surface area contributed by atoms with Gasteiger partial charge in [-0.1, -0.05) is 12.1 Å². The molecule has 1 aliphatic heterocycles. The van der Waals surface area contributed by atoms with Crippen molar-refractivity contribution in [2.75, 3.05) is 26.0 Å². The zero-order valence-electron chi connectivity index (χ0n) is 17.6. The fourth-order valence-electron chi connectivity index (χ4n) is 3.16. The third kappa shape index (κ3) is 5.90. The number of guanidine groups is 1. The number of hydroxylamine groups is 2. The SMILES string of the molecule is Cc1cc(OCC2CCN(C(=N)N)OC2)cc(OS(=O)(=O)c2ccccc2S(C)(=O)=O)c1. The molecule has 0 radical (unpaired) electrons. The monoisotopic (exact) mass is 483 g/mol. The Morgan fingerprint density at radius 2 is 1.81 bits per heavy atom. The summed E-state index contributed by atoms with van der Waals surface area (Å²) < 4.78 is 60.6. The van der Waals surface area contributed by atoms with E-state index in [1.165, 1.54) is 41.5 Å². The van der Waals surface area contributed by atoms with E-state index in [4.69, 9.17) is 24.9 Å². The minimum absolute atomic E-state index is 0.00551. The molecule has 174 valence electrons. The predicted molar refractivity (Wildman–Crippen MR) is 117 cm³/mol. The van der Waals surface area contributed by atoms with E-state index in [1.807, 2.05) is 0 Å². The van der Waals surface area contributed by atoms with Crippen LogP contribution in [0.3, 0.4) is 0 Å². The summed E-state index contributed by atoms with van der Waals surface area (Å²) in [6.45, 7) is 2.89. The van der Waals surface area contributed by atoms with Crippen LogP contribution in [0.25, 0.3) is 0 Å². The van der Waals surface area contributed by atoms with Crippen LogP contribution < -0.4 is 14.7 Å². The van der Waals surface area contributed by atoms with Crippen molar-refractivity contribution in [2.45, 2.75) is 23.1 Å². The number of ether oxygens (including phenoxy) is 1. The number of hydrogen-bond donors (Lipinski definition) is 2. The highest BCUT2D eigenvalue weighted by molar-refractivity contribution is 7.92. The molecule has 0 aliphatic carbocycles. The van der Waals surface area contributed by atoms with Gasteiger partial charge in [-0.15, -0.1) is 0 Å². The molecule has 3 rings (SSSR count). The third-order valence-electron chi connectivity index (χ3n) is 4.71. The summed E-state index contributed by atoms with van der Waals surface area (Å²) in [6, 6.07) is 9.95. The number of benzene rings is 2. The van der Waals surface area contributed by atoms with Crippen molar-refractivity contribution < 1.29 is 30.6 Å². The van der Waals surface area contributed by atoms with Gasteiger partial charge in [-0.05, 0) is 43.2 Å². The molecule has 1 atom stereocenters. The lowest BCUT2D eigenvalue weighted by Crippen LogP contribution is -2.43. The zero-order valence-corrected chi connectivity index (χ0v) is 19.3. The highest BCUT2D eigenvalue weighted by Gasteiger charge is 2.26. The molecule has 10 nitrogen and oxygen atoms in total. The van der Waals surface area contributed by atoms with Gasteiger partial charge in [-0.25, -0.2) is 13.5 Å². The van der Waals surface area contributed by atoms with Gasteiger partial charge in [0.15, 0.2) is 9.84 Å². The van der Waals surface area contributed by atoms with Crippen LogP contribution in [0.4, 0.5) is 0 Å². The first-order valence-electron chi connectivity index (χ1n) is 9.68. The van der Waals surface area contributed by atoms with E-state index in [9.17, 15) is 16.8 Å². The van der Waals surface area contributed by atoms with Crippen molar-refractivity contribution in [1.29, 1.82) is 5.41 Å². The number of sulfone groups is 1. The van der Waals surface area contributed by atoms with Crippen LogP contribution in [0.15, 0.2) is 52.3 Å². The molecular weight excluding hydrogens is 458 g/mol. The van der Waals surface area contributed by atoms with Gasteiger partial charge in [0.2, 0.25) is 5.96 Å². The van der Waals surface area contributed by atoms with Crippen molar-refractivity contribution in [3.63, 3.8) is 0 Å². The molecule has 0 bridgehead atoms. The second kappa shape index (κ2) is 9.35. The van der Waals surface area contributed by atoms with Crippen molar-refractivity contribution >= 4 is 25.9 Å². The van der Waals surface area contributed by atoms with Crippen molar-refractivity contribution in [3.8, 4) is 11.5 Å². The van der Waals surface area contributed by atoms with E-state index in [-0.39, 0.29) is 22.5 Å². The minimum Gasteiger partial charge on any atom is -0.493 e. The van der Waals surface area contributed by atoms with Crippen molar-refractivity contribution in [2.24, 2.45) is 11.7 Å². The average molecular weight is 484 g/mol. The molecule has 0 saturated carbocycles. The first-order valence-corrected chi connectivity index (χ1v) is 13.0. The van der Waals surface area contributed by atoms with Crippen LogP contribution in [0.1, 0.15) is 12.0 Å². The van der Waals surface area contributed by atoms with Crippen molar-refractivity contribution in [3.05, 3.63) is 48.0 Å². The maximum absolute atomic E-state index is 12.8. The Balaban J connectivity index is 1.73. The molecule has 2 aromatic carbocycles. The van der Waals surface area contributed by atoms with E-state index in [1.54, 1.807) is 13.0 Å². The molecule has 0 aromatic heterocycles. The standard InChI is InChI=1S/C20H25N3O7S2/c1-14-9-16(28-12-15-7-8-23(20(21)22)29-13-15)11-17(10-14)30-32(26,27)19-6-4-3-5-18(19)31(2,24)25/h3-6,9-11,15H,7-8,12-13H2,1-2H3,(H3,21,22). The topological polar surface area (TPSA) is 149 Å². The number of hydrogen-bond acceptors (Lipinski definition) is 8. The lowest BCUT2D eigenvalue weighted by molar-refractivity contribution is -0.149. The number of rotatable bonds is 7. The smallest absolute Gasteiger partial charge is 0.340 e. The highest BCUT2D eigenvalue weighted by atomic mass is 32.2. The molecule has 1 unspecified atom stereocenters. The van der Waals surface area contributed by atoms with Gasteiger partial charge < -0.3 is 14.7 Å². The van der Waals surface area contributed by atoms with Crippen LogP contribution in [0, 0.1) is 18.3 Å². The summed E-state index contributed by atoms with van der Waals surface area (Å²) in [4.78, 5) is 4.63. The van der Waals surface area contributed by atoms with Crippen LogP contribution in [-0.4, -0.2) is 53.9 Å². The van der Waals surface area contributed by atoms with Crippen LogP contribution in [-0.2, 0) is 24.8 Å². The number of nitrogens with two attached hydrogens (primary N) is 1. The van der Waals surface area contributed by atoms with Crippen LogP contribution in [0.5, 0.6) is 11.5 Å². The Morgan fingerprint density at radius 1 is 1.16 bits per heavy atom. The quantitative estimate of drug-likeness (QED) is 0.341. The van der Waals surface area contributed by atoms with E-state index >= 15 is 0 Å². The van der Waals surface area contributed by atoms with Gasteiger partial charge in [-0.2, -0.15) is 8.42 Å². The second-order valence-corrected chi connectivity index (χ2v) is 11.0. The summed E-state index contributed by atoms with van der Waals surface area (Å²) in [7, 11) is -8.18. The summed E-state index contributed by atoms with van der Waals surface area (Å²) in [5, 5.41) is 8.68. The molecule has 2 aromatic rings. The summed E-state index contributed by atoms with van der Waals surface area (Å²) in [5.41, 5.74) is 6.09. The predicted octanol–water partition coefficient (Wildman–Crippen LogP) is 1.69. The molecule has 0 spiro atoms. The highest BCUT2D eigenvalue weighted by Crippen LogP contribution is 2.28. The normalized spacial score (nSPS) is 17.1. The van der Waals surface area contributed by atoms with Crippen molar-refractivity contribution in [1.82, 2.24) is 5.06 Å². The average Bonchev–Trinajstić information content (AvgIpc) is 2.71. The van der Waals surface area contributed by atoms with Gasteiger partial charge in [0, 0.05) is 24.8 Å². The molecule has 12 heteroatoms. The van der Waals surface area contributed by atoms with Crippen LogP contribution >= 0.6 is 0 Å². The van der Waals surface area contributed by atoms with Gasteiger partial charge in [0.25, 0.3) is 0 Å². The Labute approximate surface area is 187 Å². The summed E-state index contributed by atoms with van der Waals surface area (Å²) >= 11 is 0. The van der Waals surface area contributed by atoms with E-state index < -0.39 is 24.9 Å². The fourth-order valence-corrected chi connectivity index (χ4v) is 5.68. The van der Waals surface area contributed by atoms with E-state index in [2.05, 4.69) is 0 Å². The zero-order chi connectivity index (χ0) is 23.5. The Kier molecular flexibility index (Phi) is 6.96. The first-order chi connectivity index (χ1) is 15.0. The molecule has 0 amide bonds. The third-order valence-corrected chi connectivity index (χ3v) is 7.30. The molecule has 3 N–H and O–H groups in total. The largest absolute Gasteiger partial charge is 0.493 e. The maximum Gasteiger partial charge on any atom is 0.340 e. The maximum atomic E-state index is 12.8. The molecule has 32 heavy (non-hydrogen) atoms. The molecule has 1 fully saturated rings. The lowest BCUT2D eigenvalue weighted by atomic mass is 10.1. The van der Waals surface area contributed by atoms with E-state index in [0.717, 1.165) is 6.26 Å². The molecule has 1 heterocycles. The Morgan fingerprint density at radius 3 is 2.41 bits per heavy atom. The summed E-state index contributed by atoms with van der Waals surface area (Å²) in [6.07, 6.45) is 1.65.